The van der Waals surface area contributed by atoms with Gasteiger partial charge in [0.05, 0.1) is 18.7 Å². The van der Waals surface area contributed by atoms with E-state index < -0.39 is 0 Å². The van der Waals surface area contributed by atoms with Crippen molar-refractivity contribution in [2.24, 2.45) is 0 Å². The Balaban J connectivity index is 1.30. The van der Waals surface area contributed by atoms with E-state index in [-0.39, 0.29) is 42.0 Å². The fourth-order valence-electron chi connectivity index (χ4n) is 5.19. The van der Waals surface area contributed by atoms with Gasteiger partial charge in [-0.15, -0.1) is 0 Å². The SMILES string of the molecule is COC[C@H]1CCCN1C(=O)CC[C@@H]1CNC(=O)[C@@H]2C[C@H](NC(=O)Nc3ccccc3)CN12. The molecule has 4 rings (SSSR count). The van der Waals surface area contributed by atoms with Gasteiger partial charge in [0, 0.05) is 50.9 Å². The summed E-state index contributed by atoms with van der Waals surface area (Å²) in [6, 6.07) is 8.89. The molecule has 4 amide bonds. The molecule has 3 N–H and O–H groups in total. The summed E-state index contributed by atoms with van der Waals surface area (Å²) in [5.41, 5.74) is 0.726. The van der Waals surface area contributed by atoms with Crippen LogP contribution in [0.1, 0.15) is 32.1 Å². The number of fused-ring (bicyclic) bond motifs is 1. The zero-order chi connectivity index (χ0) is 22.5. The smallest absolute Gasteiger partial charge is 0.319 e. The molecule has 1 aromatic carbocycles. The second-order valence-corrected chi connectivity index (χ2v) is 8.89. The lowest BCUT2D eigenvalue weighted by molar-refractivity contribution is -0.133. The Morgan fingerprint density at radius 1 is 1.22 bits per heavy atom. The lowest BCUT2D eigenvalue weighted by atomic mass is 10.0. The number of urea groups is 1. The topological polar surface area (TPSA) is 103 Å². The summed E-state index contributed by atoms with van der Waals surface area (Å²) in [5, 5.41) is 8.81. The lowest BCUT2D eigenvalue weighted by Crippen LogP contribution is -2.58. The van der Waals surface area contributed by atoms with E-state index >= 15 is 0 Å². The number of methoxy groups -OCH3 is 1. The van der Waals surface area contributed by atoms with Crippen molar-refractivity contribution in [2.75, 3.05) is 38.7 Å². The normalized spacial score (nSPS) is 27.7. The van der Waals surface area contributed by atoms with Gasteiger partial charge in [0.1, 0.15) is 0 Å². The van der Waals surface area contributed by atoms with Gasteiger partial charge in [-0.2, -0.15) is 0 Å². The van der Waals surface area contributed by atoms with Crippen LogP contribution in [0.25, 0.3) is 0 Å². The number of likely N-dealkylation sites (tertiary alicyclic amines) is 1. The molecule has 3 fully saturated rings. The van der Waals surface area contributed by atoms with Crippen LogP contribution in [0, 0.1) is 0 Å². The molecule has 9 nitrogen and oxygen atoms in total. The molecule has 0 spiro atoms. The summed E-state index contributed by atoms with van der Waals surface area (Å²) in [5.74, 6) is 0.161. The standard InChI is InChI=1S/C23H33N5O4/c1-32-15-19-8-5-11-27(19)21(29)10-9-18-13-24-22(30)20-12-17(14-28(18)20)26-23(31)25-16-6-3-2-4-7-16/h2-4,6-7,17-20H,5,8-15H2,1H3,(H,24,30)(H2,25,26,31)/t17-,18+,19+,20-/m0/s1. The number of benzene rings is 1. The minimum atomic E-state index is -0.272. The van der Waals surface area contributed by atoms with Gasteiger partial charge in [-0.25, -0.2) is 4.79 Å². The lowest BCUT2D eigenvalue weighted by Gasteiger charge is -2.37. The highest BCUT2D eigenvalue weighted by atomic mass is 16.5. The van der Waals surface area contributed by atoms with Crippen molar-refractivity contribution in [3.05, 3.63) is 30.3 Å². The highest BCUT2D eigenvalue weighted by Gasteiger charge is 2.44. The van der Waals surface area contributed by atoms with Crippen LogP contribution in [0.4, 0.5) is 10.5 Å². The van der Waals surface area contributed by atoms with E-state index in [0.717, 1.165) is 25.1 Å². The molecular formula is C23H33N5O4. The summed E-state index contributed by atoms with van der Waals surface area (Å²) < 4.78 is 5.26. The van der Waals surface area contributed by atoms with Crippen LogP contribution in [0.5, 0.6) is 0 Å². The molecule has 4 atom stereocenters. The predicted octanol–water partition coefficient (Wildman–Crippen LogP) is 1.17. The van der Waals surface area contributed by atoms with Crippen LogP contribution in [0.3, 0.4) is 0 Å². The average molecular weight is 444 g/mol. The van der Waals surface area contributed by atoms with Gasteiger partial charge < -0.3 is 25.6 Å². The van der Waals surface area contributed by atoms with Gasteiger partial charge in [-0.3, -0.25) is 14.5 Å². The van der Waals surface area contributed by atoms with E-state index in [1.54, 1.807) is 7.11 Å². The highest BCUT2D eigenvalue weighted by molar-refractivity contribution is 5.89. The van der Waals surface area contributed by atoms with E-state index in [1.807, 2.05) is 35.2 Å². The number of hydrogen-bond donors (Lipinski definition) is 3. The Morgan fingerprint density at radius 3 is 2.81 bits per heavy atom. The minimum Gasteiger partial charge on any atom is -0.383 e. The Morgan fingerprint density at radius 2 is 2.03 bits per heavy atom. The number of anilines is 1. The van der Waals surface area contributed by atoms with Crippen molar-refractivity contribution in [3.8, 4) is 0 Å². The summed E-state index contributed by atoms with van der Waals surface area (Å²) in [6.45, 7) is 2.52. The molecule has 1 aromatic rings. The van der Waals surface area contributed by atoms with Gasteiger partial charge in [0.15, 0.2) is 0 Å². The zero-order valence-corrected chi connectivity index (χ0v) is 18.6. The maximum Gasteiger partial charge on any atom is 0.319 e. The van der Waals surface area contributed by atoms with Gasteiger partial charge in [0.2, 0.25) is 11.8 Å². The number of hydrogen-bond acceptors (Lipinski definition) is 5. The number of para-hydroxylation sites is 1. The molecule has 0 radical (unpaired) electrons. The summed E-state index contributed by atoms with van der Waals surface area (Å²) >= 11 is 0. The number of nitrogens with zero attached hydrogens (tertiary/aromatic N) is 2. The average Bonchev–Trinajstić information content (AvgIpc) is 3.42. The number of nitrogens with one attached hydrogen (secondary N) is 3. The van der Waals surface area contributed by atoms with Gasteiger partial charge in [-0.1, -0.05) is 18.2 Å². The molecule has 0 saturated carbocycles. The molecule has 0 unspecified atom stereocenters. The molecule has 174 valence electrons. The Labute approximate surface area is 188 Å². The third-order valence-corrected chi connectivity index (χ3v) is 6.74. The van der Waals surface area contributed by atoms with Crippen LogP contribution in [-0.4, -0.2) is 85.2 Å². The molecule has 3 aliphatic rings. The third kappa shape index (κ3) is 5.21. The summed E-state index contributed by atoms with van der Waals surface area (Å²) in [7, 11) is 1.67. The Kier molecular flexibility index (Phi) is 7.26. The molecule has 32 heavy (non-hydrogen) atoms. The number of rotatable bonds is 7. The fourth-order valence-corrected chi connectivity index (χ4v) is 5.19. The maximum atomic E-state index is 12.8. The Bertz CT molecular complexity index is 820. The van der Waals surface area contributed by atoms with Crippen molar-refractivity contribution in [1.82, 2.24) is 20.4 Å². The summed E-state index contributed by atoms with van der Waals surface area (Å²) in [6.07, 6.45) is 3.73. The second kappa shape index (κ2) is 10.3. The number of piperazine rings is 1. The maximum absolute atomic E-state index is 12.8. The molecular weight excluding hydrogens is 410 g/mol. The predicted molar refractivity (Wildman–Crippen MR) is 120 cm³/mol. The van der Waals surface area contributed by atoms with Crippen molar-refractivity contribution >= 4 is 23.5 Å². The van der Waals surface area contributed by atoms with E-state index in [2.05, 4.69) is 20.9 Å². The van der Waals surface area contributed by atoms with Gasteiger partial charge >= 0.3 is 6.03 Å². The van der Waals surface area contributed by atoms with Crippen LogP contribution in [0.2, 0.25) is 0 Å². The molecule has 9 heteroatoms. The van der Waals surface area contributed by atoms with Gasteiger partial charge in [0.25, 0.3) is 0 Å². The van der Waals surface area contributed by atoms with E-state index in [9.17, 15) is 14.4 Å². The van der Waals surface area contributed by atoms with Crippen molar-refractivity contribution in [2.45, 2.75) is 56.3 Å². The van der Waals surface area contributed by atoms with E-state index in [0.29, 0.717) is 39.0 Å². The molecule has 3 saturated heterocycles. The largest absolute Gasteiger partial charge is 0.383 e. The zero-order valence-electron chi connectivity index (χ0n) is 18.6. The second-order valence-electron chi connectivity index (χ2n) is 8.89. The molecule has 0 aliphatic carbocycles. The van der Waals surface area contributed by atoms with Crippen LogP contribution >= 0.6 is 0 Å². The minimum absolute atomic E-state index is 0.0000422. The fraction of sp³-hybridized carbons (Fsp3) is 0.609. The van der Waals surface area contributed by atoms with E-state index in [4.69, 9.17) is 4.74 Å². The van der Waals surface area contributed by atoms with Crippen LogP contribution in [0.15, 0.2) is 30.3 Å². The molecule has 0 bridgehead atoms. The number of carbonyl (C=O) groups excluding carboxylic acids is 3. The Hall–Kier alpha value is -2.65. The first kappa shape index (κ1) is 22.5. The molecule has 0 aromatic heterocycles. The number of carbonyl (C=O) groups is 3. The van der Waals surface area contributed by atoms with E-state index in [1.165, 1.54) is 0 Å². The first-order valence-corrected chi connectivity index (χ1v) is 11.5. The first-order chi connectivity index (χ1) is 15.5. The highest BCUT2D eigenvalue weighted by Crippen LogP contribution is 2.27. The number of amides is 4. The third-order valence-electron chi connectivity index (χ3n) is 6.74. The van der Waals surface area contributed by atoms with Crippen molar-refractivity contribution < 1.29 is 19.1 Å². The van der Waals surface area contributed by atoms with Crippen molar-refractivity contribution in [1.29, 1.82) is 0 Å². The molecule has 3 aliphatic heterocycles. The number of ether oxygens (including phenoxy) is 1. The monoisotopic (exact) mass is 443 g/mol. The quantitative estimate of drug-likeness (QED) is 0.587. The van der Waals surface area contributed by atoms with Crippen LogP contribution in [-0.2, 0) is 14.3 Å². The van der Waals surface area contributed by atoms with Crippen molar-refractivity contribution in [3.63, 3.8) is 0 Å². The first-order valence-electron chi connectivity index (χ1n) is 11.5. The van der Waals surface area contributed by atoms with Gasteiger partial charge in [-0.05, 0) is 37.8 Å². The summed E-state index contributed by atoms with van der Waals surface area (Å²) in [4.78, 5) is 41.7. The molecule has 3 heterocycles. The van der Waals surface area contributed by atoms with Crippen LogP contribution < -0.4 is 16.0 Å².